The molecule has 0 aromatic rings. The summed E-state index contributed by atoms with van der Waals surface area (Å²) < 4.78 is 68.1. The molecule has 0 bridgehead atoms. The number of carbonyl (C=O) groups is 4. The zero-order valence-electron chi connectivity index (χ0n) is 58.6. The molecule has 0 spiro atoms. The topological polar surface area (TPSA) is 237 Å². The van der Waals surface area contributed by atoms with Crippen molar-refractivity contribution in [2.24, 2.45) is 17.8 Å². The van der Waals surface area contributed by atoms with Crippen LogP contribution in [0.15, 0.2) is 0 Å². The molecule has 0 aliphatic heterocycles. The molecule has 0 aliphatic carbocycles. The van der Waals surface area contributed by atoms with E-state index in [2.05, 4.69) is 48.5 Å². The molecule has 3 N–H and O–H groups in total. The highest BCUT2D eigenvalue weighted by molar-refractivity contribution is 7.47. The second-order valence-electron chi connectivity index (χ2n) is 27.1. The number of rotatable bonds is 69. The summed E-state index contributed by atoms with van der Waals surface area (Å²) >= 11 is 0. The summed E-state index contributed by atoms with van der Waals surface area (Å²) in [6.07, 6.45) is 46.2. The van der Waals surface area contributed by atoms with Crippen molar-refractivity contribution in [2.75, 3.05) is 39.6 Å². The number of phosphoric acid groups is 2. The predicted octanol–water partition coefficient (Wildman–Crippen LogP) is 20.2. The van der Waals surface area contributed by atoms with Crippen molar-refractivity contribution < 1.29 is 80.2 Å². The predicted molar refractivity (Wildman–Crippen MR) is 363 cm³/mol. The standard InChI is InChI=1S/C71H138O17P2/c1-8-9-10-35-45-52-68(73)81-58-66(87-70(75)55-48-41-34-28-22-21-25-31-38-44-51-64(6)7)60-85-89(77,78)83-56-65(72)57-84-90(79,80)86-61-67(88-71(76)54-47-40-33-27-20-16-12-14-18-24-30-37-43-50-63(4)5)59-82-69(74)53-46-39-32-26-19-15-11-13-17-23-29-36-42-49-62(2)3/h62-67,72H,8-61H2,1-7H3,(H,77,78)(H,79,80)/t65-,66+,67+/m0/s1. The SMILES string of the molecule is CCCCCCCC(=O)OC[C@H](COP(=O)(O)OC[C@H](O)COP(=O)(O)OC[C@@H](COC(=O)CCCCCCCCCCCCCCCC(C)C)OC(=O)CCCCCCCCCCCCCCCC(C)C)OC(=O)CCCCCCCCCCCCC(C)C. The average Bonchev–Trinajstić information content (AvgIpc) is 3.55. The number of carbonyl (C=O) groups excluding carboxylic acids is 4. The fraction of sp³-hybridized carbons (Fsp3) is 0.944. The lowest BCUT2D eigenvalue weighted by Crippen LogP contribution is -2.30. The molecule has 0 amide bonds. The molecule has 0 heterocycles. The van der Waals surface area contributed by atoms with E-state index in [1.54, 1.807) is 0 Å². The van der Waals surface area contributed by atoms with Gasteiger partial charge in [-0.15, -0.1) is 0 Å². The fourth-order valence-electron chi connectivity index (χ4n) is 10.7. The normalized spacial score (nSPS) is 14.2. The first-order valence-electron chi connectivity index (χ1n) is 36.8. The Hall–Kier alpha value is -1.94. The summed E-state index contributed by atoms with van der Waals surface area (Å²) in [7, 11) is -9.89. The van der Waals surface area contributed by atoms with Crippen molar-refractivity contribution in [1.82, 2.24) is 0 Å². The van der Waals surface area contributed by atoms with Gasteiger partial charge in [-0.25, -0.2) is 9.13 Å². The quantitative estimate of drug-likeness (QED) is 0.0222. The van der Waals surface area contributed by atoms with Gasteiger partial charge in [-0.3, -0.25) is 37.3 Å². The van der Waals surface area contributed by atoms with Crippen molar-refractivity contribution in [1.29, 1.82) is 0 Å². The molecule has 0 rings (SSSR count). The lowest BCUT2D eigenvalue weighted by Gasteiger charge is -2.21. The Bertz CT molecular complexity index is 1770. The Labute approximate surface area is 549 Å². The van der Waals surface area contributed by atoms with E-state index >= 15 is 0 Å². The number of hydrogen-bond acceptors (Lipinski definition) is 15. The van der Waals surface area contributed by atoms with Crippen LogP contribution in [0.4, 0.5) is 0 Å². The molecule has 0 saturated heterocycles. The Morgan fingerprint density at radius 2 is 0.511 bits per heavy atom. The maximum absolute atomic E-state index is 13.0. The van der Waals surface area contributed by atoms with Crippen LogP contribution < -0.4 is 0 Å². The fourth-order valence-corrected chi connectivity index (χ4v) is 12.3. The summed E-state index contributed by atoms with van der Waals surface area (Å²) in [5.74, 6) is 0.195. The van der Waals surface area contributed by atoms with E-state index in [-0.39, 0.29) is 25.7 Å². The summed E-state index contributed by atoms with van der Waals surface area (Å²) in [4.78, 5) is 72.3. The highest BCUT2D eigenvalue weighted by Gasteiger charge is 2.30. The monoisotopic (exact) mass is 1320 g/mol. The molecule has 0 aliphatic rings. The number of unbranched alkanes of at least 4 members (excludes halogenated alkanes) is 37. The molecular formula is C71H138O17P2. The van der Waals surface area contributed by atoms with Gasteiger partial charge in [-0.1, -0.05) is 305 Å². The van der Waals surface area contributed by atoms with Gasteiger partial charge in [0, 0.05) is 25.7 Å². The van der Waals surface area contributed by atoms with Crippen LogP contribution in [0.2, 0.25) is 0 Å². The van der Waals surface area contributed by atoms with Crippen molar-refractivity contribution in [3.05, 3.63) is 0 Å². The number of aliphatic hydroxyl groups is 1. The van der Waals surface area contributed by atoms with E-state index < -0.39 is 97.5 Å². The smallest absolute Gasteiger partial charge is 0.462 e. The van der Waals surface area contributed by atoms with E-state index in [1.807, 2.05) is 0 Å². The van der Waals surface area contributed by atoms with Crippen molar-refractivity contribution >= 4 is 39.5 Å². The van der Waals surface area contributed by atoms with E-state index in [9.17, 15) is 43.2 Å². The Balaban J connectivity index is 5.16. The molecule has 5 atom stereocenters. The van der Waals surface area contributed by atoms with Gasteiger partial charge in [0.15, 0.2) is 12.2 Å². The van der Waals surface area contributed by atoms with Gasteiger partial charge >= 0.3 is 39.5 Å². The molecule has 534 valence electrons. The van der Waals surface area contributed by atoms with Gasteiger partial charge in [-0.05, 0) is 43.4 Å². The van der Waals surface area contributed by atoms with Crippen LogP contribution in [0.5, 0.6) is 0 Å². The van der Waals surface area contributed by atoms with Crippen LogP contribution in [0.25, 0.3) is 0 Å². The van der Waals surface area contributed by atoms with Gasteiger partial charge in [-0.2, -0.15) is 0 Å². The third-order valence-electron chi connectivity index (χ3n) is 16.4. The van der Waals surface area contributed by atoms with Gasteiger partial charge in [0.1, 0.15) is 19.3 Å². The largest absolute Gasteiger partial charge is 0.472 e. The lowest BCUT2D eigenvalue weighted by atomic mass is 10.0. The number of hydrogen-bond donors (Lipinski definition) is 3. The zero-order chi connectivity index (χ0) is 66.6. The number of ether oxygens (including phenoxy) is 4. The Kier molecular flexibility index (Phi) is 60.6. The molecule has 2 unspecified atom stereocenters. The van der Waals surface area contributed by atoms with Gasteiger partial charge in [0.25, 0.3) is 0 Å². The number of phosphoric ester groups is 2. The summed E-state index contributed by atoms with van der Waals surface area (Å²) in [6, 6.07) is 0. The average molecular weight is 1330 g/mol. The maximum Gasteiger partial charge on any atom is 0.472 e. The van der Waals surface area contributed by atoms with Crippen molar-refractivity contribution in [3.63, 3.8) is 0 Å². The molecule has 0 aromatic heterocycles. The molecule has 0 aromatic carbocycles. The minimum atomic E-state index is -4.95. The van der Waals surface area contributed by atoms with Crippen molar-refractivity contribution in [2.45, 2.75) is 375 Å². The second kappa shape index (κ2) is 61.9. The Morgan fingerprint density at radius 3 is 0.756 bits per heavy atom. The second-order valence-corrected chi connectivity index (χ2v) is 30.0. The van der Waals surface area contributed by atoms with Crippen LogP contribution in [0, 0.1) is 17.8 Å². The van der Waals surface area contributed by atoms with E-state index in [1.165, 1.54) is 161 Å². The highest BCUT2D eigenvalue weighted by Crippen LogP contribution is 2.45. The minimum Gasteiger partial charge on any atom is -0.462 e. The third-order valence-corrected chi connectivity index (χ3v) is 18.3. The Morgan fingerprint density at radius 1 is 0.300 bits per heavy atom. The van der Waals surface area contributed by atoms with Crippen LogP contribution in [0.1, 0.15) is 357 Å². The summed E-state index contributed by atoms with van der Waals surface area (Å²) in [5.41, 5.74) is 0. The van der Waals surface area contributed by atoms with Crippen LogP contribution >= 0.6 is 15.6 Å². The third kappa shape index (κ3) is 64.8. The van der Waals surface area contributed by atoms with Gasteiger partial charge in [0.05, 0.1) is 26.4 Å². The highest BCUT2D eigenvalue weighted by atomic mass is 31.2. The van der Waals surface area contributed by atoms with Crippen molar-refractivity contribution in [3.8, 4) is 0 Å². The van der Waals surface area contributed by atoms with E-state index in [0.717, 1.165) is 114 Å². The number of aliphatic hydroxyl groups excluding tert-OH is 1. The molecule has 17 nitrogen and oxygen atoms in total. The summed E-state index contributed by atoms with van der Waals surface area (Å²) in [5, 5.41) is 10.6. The van der Waals surface area contributed by atoms with Gasteiger partial charge < -0.3 is 33.8 Å². The molecule has 0 saturated carbocycles. The minimum absolute atomic E-state index is 0.105. The van der Waals surface area contributed by atoms with Crippen LogP contribution in [-0.2, 0) is 65.4 Å². The molecule has 19 heteroatoms. The molecular weight excluding hydrogens is 1190 g/mol. The first kappa shape index (κ1) is 88.1. The van der Waals surface area contributed by atoms with Crippen LogP contribution in [-0.4, -0.2) is 96.7 Å². The van der Waals surface area contributed by atoms with E-state index in [0.29, 0.717) is 25.7 Å². The first-order chi connectivity index (χ1) is 43.2. The first-order valence-corrected chi connectivity index (χ1v) is 39.8. The molecule has 0 radical (unpaired) electrons. The zero-order valence-corrected chi connectivity index (χ0v) is 60.4. The summed E-state index contributed by atoms with van der Waals surface area (Å²) in [6.45, 7) is 11.8. The maximum atomic E-state index is 13.0. The molecule has 0 fully saturated rings. The van der Waals surface area contributed by atoms with Crippen LogP contribution in [0.3, 0.4) is 0 Å². The van der Waals surface area contributed by atoms with Gasteiger partial charge in [0.2, 0.25) is 0 Å². The number of esters is 4. The lowest BCUT2D eigenvalue weighted by molar-refractivity contribution is -0.161. The molecule has 90 heavy (non-hydrogen) atoms. The van der Waals surface area contributed by atoms with E-state index in [4.69, 9.17) is 37.0 Å².